The molecule has 0 spiro atoms. The summed E-state index contributed by atoms with van der Waals surface area (Å²) in [5.41, 5.74) is 2.07. The number of rotatable bonds is 5. The van der Waals surface area contributed by atoms with E-state index in [4.69, 9.17) is 9.47 Å². The lowest BCUT2D eigenvalue weighted by molar-refractivity contribution is -0.140. The van der Waals surface area contributed by atoms with E-state index < -0.39 is 0 Å². The SMILES string of the molecule is CC1CC(Sc2nnc(-c3c[nH]c4ccccc34)n2CC2CCCO2)C(=O)O1. The molecule has 0 bridgehead atoms. The van der Waals surface area contributed by atoms with Crippen molar-refractivity contribution in [2.45, 2.75) is 55.3 Å². The van der Waals surface area contributed by atoms with Gasteiger partial charge in [0.15, 0.2) is 11.0 Å². The molecule has 2 aliphatic heterocycles. The van der Waals surface area contributed by atoms with Crippen LogP contribution in [-0.2, 0) is 20.8 Å². The van der Waals surface area contributed by atoms with E-state index in [2.05, 4.69) is 25.8 Å². The Labute approximate surface area is 166 Å². The Balaban J connectivity index is 1.53. The van der Waals surface area contributed by atoms with Gasteiger partial charge in [0.05, 0.1) is 12.6 Å². The highest BCUT2D eigenvalue weighted by molar-refractivity contribution is 8.00. The summed E-state index contributed by atoms with van der Waals surface area (Å²) in [5, 5.41) is 10.6. The number of ether oxygens (including phenoxy) is 2. The van der Waals surface area contributed by atoms with Crippen molar-refractivity contribution < 1.29 is 14.3 Å². The minimum atomic E-state index is -0.238. The minimum Gasteiger partial charge on any atom is -0.462 e. The zero-order valence-electron chi connectivity index (χ0n) is 15.6. The Bertz CT molecular complexity index is 1010. The van der Waals surface area contributed by atoms with E-state index in [1.807, 2.05) is 31.3 Å². The van der Waals surface area contributed by atoms with E-state index in [0.717, 1.165) is 46.9 Å². The monoisotopic (exact) mass is 398 g/mol. The largest absolute Gasteiger partial charge is 0.462 e. The Hall–Kier alpha value is -2.32. The number of benzene rings is 1. The number of cyclic esters (lactones) is 1. The Morgan fingerprint density at radius 2 is 2.21 bits per heavy atom. The van der Waals surface area contributed by atoms with Gasteiger partial charge < -0.3 is 14.5 Å². The molecule has 0 amide bonds. The molecule has 1 aromatic carbocycles. The predicted molar refractivity (Wildman–Crippen MR) is 106 cm³/mol. The maximum Gasteiger partial charge on any atom is 0.319 e. The molecule has 0 aliphatic carbocycles. The number of aromatic nitrogens is 4. The molecule has 4 heterocycles. The highest BCUT2D eigenvalue weighted by Crippen LogP contribution is 2.35. The van der Waals surface area contributed by atoms with Gasteiger partial charge >= 0.3 is 5.97 Å². The molecule has 7 nitrogen and oxygen atoms in total. The van der Waals surface area contributed by atoms with Crippen molar-refractivity contribution in [2.24, 2.45) is 0 Å². The molecule has 3 aromatic rings. The molecule has 8 heteroatoms. The van der Waals surface area contributed by atoms with Crippen LogP contribution in [-0.4, -0.2) is 49.8 Å². The van der Waals surface area contributed by atoms with E-state index in [9.17, 15) is 4.79 Å². The number of carbonyl (C=O) groups is 1. The van der Waals surface area contributed by atoms with Gasteiger partial charge in [0.25, 0.3) is 0 Å². The summed E-state index contributed by atoms with van der Waals surface area (Å²) < 4.78 is 13.3. The van der Waals surface area contributed by atoms with Crippen LogP contribution in [0.4, 0.5) is 0 Å². The number of nitrogens with one attached hydrogen (secondary N) is 1. The number of H-pyrrole nitrogens is 1. The minimum absolute atomic E-state index is 0.0485. The molecule has 0 saturated carbocycles. The molecular weight excluding hydrogens is 376 g/mol. The molecule has 146 valence electrons. The fourth-order valence-electron chi connectivity index (χ4n) is 3.93. The van der Waals surface area contributed by atoms with Crippen LogP contribution < -0.4 is 0 Å². The number of para-hydroxylation sites is 1. The molecule has 1 N–H and O–H groups in total. The number of aromatic amines is 1. The average Bonchev–Trinajstić information content (AvgIpc) is 3.45. The number of esters is 1. The first kappa shape index (κ1) is 17.8. The summed E-state index contributed by atoms with van der Waals surface area (Å²) in [6, 6.07) is 8.15. The van der Waals surface area contributed by atoms with Gasteiger partial charge in [-0.2, -0.15) is 0 Å². The van der Waals surface area contributed by atoms with Crippen LogP contribution >= 0.6 is 11.8 Å². The maximum atomic E-state index is 12.1. The van der Waals surface area contributed by atoms with Crippen molar-refractivity contribution in [3.05, 3.63) is 30.5 Å². The van der Waals surface area contributed by atoms with Crippen molar-refractivity contribution in [1.82, 2.24) is 19.7 Å². The third kappa shape index (κ3) is 3.20. The smallest absolute Gasteiger partial charge is 0.319 e. The normalized spacial score (nSPS) is 24.9. The fourth-order valence-corrected chi connectivity index (χ4v) is 5.08. The molecule has 2 fully saturated rings. The van der Waals surface area contributed by atoms with Gasteiger partial charge in [-0.3, -0.25) is 9.36 Å². The van der Waals surface area contributed by atoms with Gasteiger partial charge in [0, 0.05) is 35.7 Å². The summed E-state index contributed by atoms with van der Waals surface area (Å²) in [6.07, 6.45) is 4.86. The van der Waals surface area contributed by atoms with Gasteiger partial charge in [0.2, 0.25) is 0 Å². The lowest BCUT2D eigenvalue weighted by Crippen LogP contribution is -2.18. The quantitative estimate of drug-likeness (QED) is 0.664. The predicted octanol–water partition coefficient (Wildman–Crippen LogP) is 3.40. The summed E-state index contributed by atoms with van der Waals surface area (Å²) >= 11 is 1.45. The third-order valence-corrected chi connectivity index (χ3v) is 6.51. The molecule has 28 heavy (non-hydrogen) atoms. The topological polar surface area (TPSA) is 82.0 Å². The first-order chi connectivity index (χ1) is 13.7. The standard InChI is InChI=1S/C20H22N4O3S/c1-12-9-17(19(25)27-12)28-20-23-22-18(24(20)11-13-5-4-8-26-13)15-10-21-16-7-3-2-6-14(15)16/h2-3,6-7,10,12-13,17,21H,4-5,8-9,11H2,1H3. The second kappa shape index (κ2) is 7.25. The highest BCUT2D eigenvalue weighted by atomic mass is 32.2. The van der Waals surface area contributed by atoms with E-state index in [1.165, 1.54) is 11.8 Å². The summed E-state index contributed by atoms with van der Waals surface area (Å²) in [4.78, 5) is 15.4. The maximum absolute atomic E-state index is 12.1. The summed E-state index contributed by atoms with van der Waals surface area (Å²) in [6.45, 7) is 3.40. The van der Waals surface area contributed by atoms with Gasteiger partial charge in [-0.25, -0.2) is 0 Å². The lowest BCUT2D eigenvalue weighted by atomic mass is 10.1. The van der Waals surface area contributed by atoms with Gasteiger partial charge in [0.1, 0.15) is 11.4 Å². The molecule has 3 atom stereocenters. The summed E-state index contributed by atoms with van der Waals surface area (Å²) in [5.74, 6) is 0.632. The van der Waals surface area contributed by atoms with Gasteiger partial charge in [-0.05, 0) is 25.8 Å². The van der Waals surface area contributed by atoms with Crippen LogP contribution in [0.5, 0.6) is 0 Å². The zero-order chi connectivity index (χ0) is 19.1. The highest BCUT2D eigenvalue weighted by Gasteiger charge is 2.35. The molecular formula is C20H22N4O3S. The summed E-state index contributed by atoms with van der Waals surface area (Å²) in [7, 11) is 0. The van der Waals surface area contributed by atoms with Crippen LogP contribution in [0.2, 0.25) is 0 Å². The van der Waals surface area contributed by atoms with E-state index in [0.29, 0.717) is 13.0 Å². The molecule has 0 radical (unpaired) electrons. The average molecular weight is 398 g/mol. The van der Waals surface area contributed by atoms with Crippen molar-refractivity contribution in [3.63, 3.8) is 0 Å². The van der Waals surface area contributed by atoms with Crippen molar-refractivity contribution >= 4 is 28.6 Å². The van der Waals surface area contributed by atoms with Crippen LogP contribution in [0, 0.1) is 0 Å². The van der Waals surface area contributed by atoms with Crippen LogP contribution in [0.1, 0.15) is 26.2 Å². The van der Waals surface area contributed by atoms with E-state index in [1.54, 1.807) is 0 Å². The molecule has 2 aliphatic rings. The van der Waals surface area contributed by atoms with Crippen molar-refractivity contribution in [2.75, 3.05) is 6.61 Å². The molecule has 3 unspecified atom stereocenters. The number of hydrogen-bond acceptors (Lipinski definition) is 6. The lowest BCUT2D eigenvalue weighted by Gasteiger charge is -2.15. The first-order valence-electron chi connectivity index (χ1n) is 9.67. The number of thioether (sulfide) groups is 1. The number of hydrogen-bond donors (Lipinski definition) is 1. The number of carbonyl (C=O) groups excluding carboxylic acids is 1. The fraction of sp³-hybridized carbons (Fsp3) is 0.450. The van der Waals surface area contributed by atoms with Gasteiger partial charge in [-0.1, -0.05) is 30.0 Å². The Morgan fingerprint density at radius 1 is 1.32 bits per heavy atom. The molecule has 5 rings (SSSR count). The number of fused-ring (bicyclic) bond motifs is 1. The second-order valence-electron chi connectivity index (χ2n) is 7.39. The van der Waals surface area contributed by atoms with Crippen LogP contribution in [0.25, 0.3) is 22.3 Å². The second-order valence-corrected chi connectivity index (χ2v) is 8.56. The third-order valence-electron chi connectivity index (χ3n) is 5.33. The van der Waals surface area contributed by atoms with Crippen LogP contribution in [0.15, 0.2) is 35.6 Å². The molecule has 2 aromatic heterocycles. The molecule has 2 saturated heterocycles. The van der Waals surface area contributed by atoms with Crippen LogP contribution in [0.3, 0.4) is 0 Å². The first-order valence-corrected chi connectivity index (χ1v) is 10.6. The Morgan fingerprint density at radius 3 is 3.00 bits per heavy atom. The zero-order valence-corrected chi connectivity index (χ0v) is 16.4. The van der Waals surface area contributed by atoms with Crippen molar-refractivity contribution in [1.29, 1.82) is 0 Å². The van der Waals surface area contributed by atoms with Crippen molar-refractivity contribution in [3.8, 4) is 11.4 Å². The van der Waals surface area contributed by atoms with E-state index in [-0.39, 0.29) is 23.4 Å². The number of nitrogens with zero attached hydrogens (tertiary/aromatic N) is 3. The Kier molecular flexibility index (Phi) is 4.60. The van der Waals surface area contributed by atoms with Gasteiger partial charge in [-0.15, -0.1) is 10.2 Å². The van der Waals surface area contributed by atoms with E-state index >= 15 is 0 Å².